The zero-order chi connectivity index (χ0) is 16.4. The lowest BCUT2D eigenvalue weighted by Gasteiger charge is -2.36. The van der Waals surface area contributed by atoms with E-state index in [9.17, 15) is 9.90 Å². The summed E-state index contributed by atoms with van der Waals surface area (Å²) in [5.41, 5.74) is 3.49. The zero-order valence-electron chi connectivity index (χ0n) is 13.4. The van der Waals surface area contributed by atoms with Gasteiger partial charge in [-0.3, -0.25) is 0 Å². The number of nitrogens with one attached hydrogen (secondary N) is 1. The molecule has 1 atom stereocenters. The van der Waals surface area contributed by atoms with E-state index in [1.807, 2.05) is 31.2 Å². The highest BCUT2D eigenvalue weighted by atomic mass is 16.5. The second-order valence-corrected chi connectivity index (χ2v) is 5.69. The predicted octanol–water partition coefficient (Wildman–Crippen LogP) is 2.67. The molecule has 1 unspecified atom stereocenters. The average molecular weight is 315 g/mol. The third kappa shape index (κ3) is 2.82. The van der Waals surface area contributed by atoms with E-state index < -0.39 is 0 Å². The highest BCUT2D eigenvalue weighted by Gasteiger charge is 2.31. The Morgan fingerprint density at radius 1 is 1.48 bits per heavy atom. The van der Waals surface area contributed by atoms with Crippen LogP contribution in [0.2, 0.25) is 0 Å². The van der Waals surface area contributed by atoms with Crippen molar-refractivity contribution in [3.05, 3.63) is 46.8 Å². The van der Waals surface area contributed by atoms with E-state index in [1.54, 1.807) is 11.8 Å². The molecule has 1 aromatic heterocycles. The van der Waals surface area contributed by atoms with E-state index in [1.165, 1.54) is 5.56 Å². The minimum Gasteiger partial charge on any atom is -0.394 e. The van der Waals surface area contributed by atoms with Crippen molar-refractivity contribution in [2.45, 2.75) is 32.7 Å². The number of aryl methyl sites for hydroxylation is 2. The number of hydrogen-bond acceptors (Lipinski definition) is 4. The van der Waals surface area contributed by atoms with E-state index in [2.05, 4.69) is 10.5 Å². The Morgan fingerprint density at radius 3 is 3.00 bits per heavy atom. The smallest absolute Gasteiger partial charge is 0.322 e. The largest absolute Gasteiger partial charge is 0.394 e. The van der Waals surface area contributed by atoms with Crippen LogP contribution < -0.4 is 5.32 Å². The molecule has 0 saturated carbocycles. The number of fused-ring (bicyclic) bond motifs is 1. The van der Waals surface area contributed by atoms with Gasteiger partial charge < -0.3 is 19.8 Å². The molecule has 2 aromatic rings. The quantitative estimate of drug-likeness (QED) is 0.912. The Morgan fingerprint density at radius 2 is 2.26 bits per heavy atom. The van der Waals surface area contributed by atoms with Gasteiger partial charge in [0.05, 0.1) is 12.6 Å². The molecule has 0 spiro atoms. The van der Waals surface area contributed by atoms with Gasteiger partial charge in [0.25, 0.3) is 0 Å². The van der Waals surface area contributed by atoms with Crippen LogP contribution >= 0.6 is 0 Å². The normalized spacial score (nSPS) is 17.0. The average Bonchev–Trinajstić information content (AvgIpc) is 2.93. The van der Waals surface area contributed by atoms with Gasteiger partial charge in [-0.25, -0.2) is 4.79 Å². The van der Waals surface area contributed by atoms with Gasteiger partial charge in [0.15, 0.2) is 5.76 Å². The van der Waals surface area contributed by atoms with Crippen molar-refractivity contribution in [1.82, 2.24) is 10.1 Å². The minimum atomic E-state index is -0.329. The van der Waals surface area contributed by atoms with Crippen LogP contribution in [0, 0.1) is 6.92 Å². The molecule has 1 aromatic carbocycles. The molecule has 0 saturated heterocycles. The molecule has 0 aliphatic carbocycles. The summed E-state index contributed by atoms with van der Waals surface area (Å²) in [4.78, 5) is 14.4. The van der Waals surface area contributed by atoms with Gasteiger partial charge in [0, 0.05) is 13.0 Å². The number of rotatable bonds is 3. The fourth-order valence-corrected chi connectivity index (χ4v) is 3.09. The van der Waals surface area contributed by atoms with Crippen LogP contribution in [-0.2, 0) is 12.8 Å². The molecule has 2 heterocycles. The highest BCUT2D eigenvalue weighted by Crippen LogP contribution is 2.30. The van der Waals surface area contributed by atoms with Gasteiger partial charge in [0.2, 0.25) is 0 Å². The van der Waals surface area contributed by atoms with Crippen molar-refractivity contribution < 1.29 is 14.4 Å². The zero-order valence-corrected chi connectivity index (χ0v) is 13.4. The fourth-order valence-electron chi connectivity index (χ4n) is 3.09. The lowest BCUT2D eigenvalue weighted by Crippen LogP contribution is -2.44. The first-order valence-corrected chi connectivity index (χ1v) is 7.87. The fraction of sp³-hybridized carbons (Fsp3) is 0.412. The number of carbonyl (C=O) groups is 1. The molecule has 1 aliphatic heterocycles. The number of hydrogen-bond donors (Lipinski definition) is 2. The Labute approximate surface area is 135 Å². The van der Waals surface area contributed by atoms with Crippen molar-refractivity contribution in [2.24, 2.45) is 0 Å². The Kier molecular flexibility index (Phi) is 4.34. The third-order valence-electron chi connectivity index (χ3n) is 4.33. The maximum atomic E-state index is 12.7. The summed E-state index contributed by atoms with van der Waals surface area (Å²) >= 11 is 0. The van der Waals surface area contributed by atoms with E-state index >= 15 is 0 Å². The first-order valence-electron chi connectivity index (χ1n) is 7.87. The Bertz CT molecular complexity index is 711. The van der Waals surface area contributed by atoms with Gasteiger partial charge in [-0.15, -0.1) is 0 Å². The highest BCUT2D eigenvalue weighted by molar-refractivity contribution is 5.91. The summed E-state index contributed by atoms with van der Waals surface area (Å²) < 4.78 is 5.21. The topological polar surface area (TPSA) is 78.6 Å². The molecule has 23 heavy (non-hydrogen) atoms. The van der Waals surface area contributed by atoms with Crippen LogP contribution in [0.5, 0.6) is 0 Å². The van der Waals surface area contributed by atoms with Crippen LogP contribution in [0.3, 0.4) is 0 Å². The second-order valence-electron chi connectivity index (χ2n) is 5.69. The summed E-state index contributed by atoms with van der Waals surface area (Å²) in [7, 11) is 0. The third-order valence-corrected chi connectivity index (χ3v) is 4.33. The first-order chi connectivity index (χ1) is 11.2. The molecule has 0 radical (unpaired) electrons. The molecule has 0 fully saturated rings. The van der Waals surface area contributed by atoms with E-state index in [-0.39, 0.29) is 18.7 Å². The van der Waals surface area contributed by atoms with Crippen LogP contribution in [0.4, 0.5) is 10.5 Å². The SMILES string of the molecule is CCc1onc(C)c1NC(=O)N1CCc2ccccc2C1CO. The molecular weight excluding hydrogens is 294 g/mol. The van der Waals surface area contributed by atoms with Crippen molar-refractivity contribution in [3.63, 3.8) is 0 Å². The molecule has 1 aliphatic rings. The van der Waals surface area contributed by atoms with Gasteiger partial charge >= 0.3 is 6.03 Å². The van der Waals surface area contributed by atoms with Crippen LogP contribution in [0.1, 0.15) is 35.5 Å². The molecule has 6 nitrogen and oxygen atoms in total. The van der Waals surface area contributed by atoms with E-state index in [0.717, 1.165) is 12.0 Å². The second kappa shape index (κ2) is 6.42. The molecule has 122 valence electrons. The number of anilines is 1. The molecule has 2 N–H and O–H groups in total. The number of nitrogens with zero attached hydrogens (tertiary/aromatic N) is 2. The standard InChI is InChI=1S/C17H21N3O3/c1-3-15-16(11(2)19-23-15)18-17(22)20-9-8-12-6-4-5-7-13(12)14(20)10-21/h4-7,14,21H,3,8-10H2,1-2H3,(H,18,22). The molecule has 0 bridgehead atoms. The van der Waals surface area contributed by atoms with E-state index in [4.69, 9.17) is 4.52 Å². The number of benzene rings is 1. The summed E-state index contributed by atoms with van der Waals surface area (Å²) in [6.45, 7) is 4.21. The summed E-state index contributed by atoms with van der Waals surface area (Å²) in [5, 5.41) is 16.6. The number of aliphatic hydroxyl groups is 1. The first kappa shape index (κ1) is 15.6. The number of urea groups is 1. The lowest BCUT2D eigenvalue weighted by molar-refractivity contribution is 0.135. The van der Waals surface area contributed by atoms with Crippen molar-refractivity contribution in [3.8, 4) is 0 Å². The summed E-state index contributed by atoms with van der Waals surface area (Å²) in [6.07, 6.45) is 1.44. The van der Waals surface area contributed by atoms with Crippen LogP contribution in [0.15, 0.2) is 28.8 Å². The minimum absolute atomic E-state index is 0.103. The number of aliphatic hydroxyl groups excluding tert-OH is 1. The molecule has 3 rings (SSSR count). The van der Waals surface area contributed by atoms with Crippen molar-refractivity contribution in [1.29, 1.82) is 0 Å². The number of carbonyl (C=O) groups excluding carboxylic acids is 1. The number of amides is 2. The lowest BCUT2D eigenvalue weighted by atomic mass is 9.93. The molecule has 6 heteroatoms. The van der Waals surface area contributed by atoms with Crippen molar-refractivity contribution in [2.75, 3.05) is 18.5 Å². The van der Waals surface area contributed by atoms with E-state index in [0.29, 0.717) is 30.1 Å². The Balaban J connectivity index is 1.84. The molecular formula is C17H21N3O3. The maximum Gasteiger partial charge on any atom is 0.322 e. The summed E-state index contributed by atoms with van der Waals surface area (Å²) in [6, 6.07) is 7.37. The predicted molar refractivity (Wildman–Crippen MR) is 86.3 cm³/mol. The van der Waals surface area contributed by atoms with Gasteiger partial charge in [-0.05, 0) is 24.5 Å². The maximum absolute atomic E-state index is 12.7. The van der Waals surface area contributed by atoms with Gasteiger partial charge in [-0.1, -0.05) is 36.3 Å². The van der Waals surface area contributed by atoms with Gasteiger partial charge in [-0.2, -0.15) is 0 Å². The Hall–Kier alpha value is -2.34. The van der Waals surface area contributed by atoms with Crippen molar-refractivity contribution >= 4 is 11.7 Å². The summed E-state index contributed by atoms with van der Waals surface area (Å²) in [5.74, 6) is 0.661. The monoisotopic (exact) mass is 315 g/mol. The van der Waals surface area contributed by atoms with Gasteiger partial charge in [0.1, 0.15) is 11.4 Å². The molecule has 2 amide bonds. The number of aromatic nitrogens is 1. The van der Waals surface area contributed by atoms with Crippen LogP contribution in [-0.4, -0.2) is 34.3 Å². The van der Waals surface area contributed by atoms with Crippen LogP contribution in [0.25, 0.3) is 0 Å².